The van der Waals surface area contributed by atoms with Crippen molar-refractivity contribution in [3.63, 3.8) is 0 Å². The molecule has 2 rings (SSSR count). The van der Waals surface area contributed by atoms with Gasteiger partial charge in [0.1, 0.15) is 5.82 Å². The molecule has 1 aromatic heterocycles. The van der Waals surface area contributed by atoms with Gasteiger partial charge >= 0.3 is 0 Å². The molecule has 1 amide bonds. The van der Waals surface area contributed by atoms with Gasteiger partial charge in [0.25, 0.3) is 0 Å². The Labute approximate surface area is 134 Å². The van der Waals surface area contributed by atoms with E-state index in [1.165, 1.54) is 0 Å². The van der Waals surface area contributed by atoms with Crippen molar-refractivity contribution in [3.8, 4) is 0 Å². The predicted molar refractivity (Wildman–Crippen MR) is 88.4 cm³/mol. The number of rotatable bonds is 6. The van der Waals surface area contributed by atoms with E-state index in [0.717, 1.165) is 38.3 Å². The quantitative estimate of drug-likeness (QED) is 0.878. The number of nitrogens with zero attached hydrogens (tertiary/aromatic N) is 3. The molecule has 1 N–H and O–H groups in total. The standard InChI is InChI=1S/C17H30N4O/c1-5-21-9-6-14(7-10-21)12-15(22)19-16(13(2)3)17-18-8-11-20(17)4/h8,11,13-14,16H,5-7,9-10,12H2,1-4H3,(H,19,22)/t16-/m0/s1. The van der Waals surface area contributed by atoms with E-state index in [4.69, 9.17) is 0 Å². The lowest BCUT2D eigenvalue weighted by Crippen LogP contribution is -2.38. The summed E-state index contributed by atoms with van der Waals surface area (Å²) >= 11 is 0. The van der Waals surface area contributed by atoms with Crippen molar-refractivity contribution in [2.75, 3.05) is 19.6 Å². The van der Waals surface area contributed by atoms with Gasteiger partial charge in [-0.25, -0.2) is 4.98 Å². The fourth-order valence-electron chi connectivity index (χ4n) is 3.21. The lowest BCUT2D eigenvalue weighted by Gasteiger charge is -2.31. The Kier molecular flexibility index (Phi) is 6.00. The molecule has 1 saturated heterocycles. The Hall–Kier alpha value is -1.36. The maximum Gasteiger partial charge on any atom is 0.220 e. The van der Waals surface area contributed by atoms with Gasteiger partial charge in [-0.2, -0.15) is 0 Å². The minimum Gasteiger partial charge on any atom is -0.346 e. The SMILES string of the molecule is CCN1CCC(CC(=O)N[C@H](c2nccn2C)C(C)C)CC1. The predicted octanol–water partition coefficient (Wildman–Crippen LogP) is 2.36. The van der Waals surface area contributed by atoms with Crippen LogP contribution in [0.2, 0.25) is 0 Å². The van der Waals surface area contributed by atoms with Crippen molar-refractivity contribution in [1.82, 2.24) is 19.8 Å². The van der Waals surface area contributed by atoms with E-state index in [1.807, 2.05) is 17.8 Å². The Bertz CT molecular complexity index is 475. The van der Waals surface area contributed by atoms with Gasteiger partial charge in [-0.05, 0) is 44.3 Å². The average Bonchev–Trinajstić information content (AvgIpc) is 2.91. The number of aryl methyl sites for hydroxylation is 1. The van der Waals surface area contributed by atoms with Crippen LogP contribution in [0, 0.1) is 11.8 Å². The van der Waals surface area contributed by atoms with Crippen molar-refractivity contribution in [2.24, 2.45) is 18.9 Å². The first-order valence-electron chi connectivity index (χ1n) is 8.50. The van der Waals surface area contributed by atoms with Gasteiger partial charge in [-0.1, -0.05) is 20.8 Å². The average molecular weight is 306 g/mol. The molecule has 0 radical (unpaired) electrons. The summed E-state index contributed by atoms with van der Waals surface area (Å²) in [5, 5.41) is 3.20. The smallest absolute Gasteiger partial charge is 0.220 e. The van der Waals surface area contributed by atoms with E-state index >= 15 is 0 Å². The van der Waals surface area contributed by atoms with Crippen LogP contribution in [0.1, 0.15) is 51.9 Å². The van der Waals surface area contributed by atoms with Crippen LogP contribution in [0.4, 0.5) is 0 Å². The van der Waals surface area contributed by atoms with Crippen molar-refractivity contribution in [2.45, 2.75) is 46.1 Å². The van der Waals surface area contributed by atoms with Gasteiger partial charge in [0.05, 0.1) is 6.04 Å². The summed E-state index contributed by atoms with van der Waals surface area (Å²) in [5.74, 6) is 1.95. The summed E-state index contributed by atoms with van der Waals surface area (Å²) in [6, 6.07) is -0.0109. The van der Waals surface area contributed by atoms with Crippen molar-refractivity contribution in [3.05, 3.63) is 18.2 Å². The maximum atomic E-state index is 12.4. The zero-order chi connectivity index (χ0) is 16.1. The fraction of sp³-hybridized carbons (Fsp3) is 0.765. The third kappa shape index (κ3) is 4.32. The Morgan fingerprint density at radius 1 is 1.41 bits per heavy atom. The summed E-state index contributed by atoms with van der Waals surface area (Å²) in [6.45, 7) is 9.82. The van der Waals surface area contributed by atoms with Crippen LogP contribution in [0.25, 0.3) is 0 Å². The van der Waals surface area contributed by atoms with E-state index in [-0.39, 0.29) is 11.9 Å². The van der Waals surface area contributed by atoms with Crippen molar-refractivity contribution in [1.29, 1.82) is 0 Å². The largest absolute Gasteiger partial charge is 0.346 e. The summed E-state index contributed by atoms with van der Waals surface area (Å²) in [5.41, 5.74) is 0. The second-order valence-electron chi connectivity index (χ2n) is 6.77. The Morgan fingerprint density at radius 3 is 2.59 bits per heavy atom. The number of likely N-dealkylation sites (tertiary alicyclic amines) is 1. The number of nitrogens with one attached hydrogen (secondary N) is 1. The van der Waals surface area contributed by atoms with E-state index in [2.05, 4.69) is 36.0 Å². The fourth-order valence-corrected chi connectivity index (χ4v) is 3.21. The minimum absolute atomic E-state index is 0.0109. The molecule has 124 valence electrons. The molecular formula is C17H30N4O. The first-order chi connectivity index (χ1) is 10.5. The molecule has 22 heavy (non-hydrogen) atoms. The number of hydrogen-bond donors (Lipinski definition) is 1. The summed E-state index contributed by atoms with van der Waals surface area (Å²) in [4.78, 5) is 19.3. The molecule has 0 saturated carbocycles. The normalized spacial score (nSPS) is 18.6. The van der Waals surface area contributed by atoms with E-state index in [1.54, 1.807) is 6.20 Å². The van der Waals surface area contributed by atoms with Crippen molar-refractivity contribution >= 4 is 5.91 Å². The van der Waals surface area contributed by atoms with Crippen LogP contribution in [0.3, 0.4) is 0 Å². The zero-order valence-electron chi connectivity index (χ0n) is 14.4. The van der Waals surface area contributed by atoms with Crippen LogP contribution < -0.4 is 5.32 Å². The van der Waals surface area contributed by atoms with Gasteiger partial charge in [0, 0.05) is 25.9 Å². The molecule has 0 bridgehead atoms. The first-order valence-corrected chi connectivity index (χ1v) is 8.50. The number of aromatic nitrogens is 2. The number of carbonyl (C=O) groups is 1. The molecule has 1 fully saturated rings. The second kappa shape index (κ2) is 7.77. The molecule has 1 aliphatic heterocycles. The number of piperidine rings is 1. The molecule has 2 heterocycles. The molecule has 1 atom stereocenters. The second-order valence-corrected chi connectivity index (χ2v) is 6.77. The van der Waals surface area contributed by atoms with Crippen LogP contribution in [0.5, 0.6) is 0 Å². The number of carbonyl (C=O) groups excluding carboxylic acids is 1. The summed E-state index contributed by atoms with van der Waals surface area (Å²) < 4.78 is 1.99. The highest BCUT2D eigenvalue weighted by atomic mass is 16.1. The van der Waals surface area contributed by atoms with E-state index in [9.17, 15) is 4.79 Å². The van der Waals surface area contributed by atoms with Gasteiger partial charge < -0.3 is 14.8 Å². The molecule has 5 nitrogen and oxygen atoms in total. The molecule has 0 aromatic carbocycles. The topological polar surface area (TPSA) is 50.2 Å². The number of imidazole rings is 1. The van der Waals surface area contributed by atoms with E-state index in [0.29, 0.717) is 18.3 Å². The minimum atomic E-state index is -0.0109. The van der Waals surface area contributed by atoms with Gasteiger partial charge in [-0.3, -0.25) is 4.79 Å². The molecule has 0 spiro atoms. The molecule has 0 unspecified atom stereocenters. The molecule has 1 aliphatic rings. The molecule has 5 heteroatoms. The molecule has 0 aliphatic carbocycles. The number of amides is 1. The van der Waals surface area contributed by atoms with Crippen LogP contribution >= 0.6 is 0 Å². The van der Waals surface area contributed by atoms with Gasteiger partial charge in [0.15, 0.2) is 0 Å². The van der Waals surface area contributed by atoms with E-state index < -0.39 is 0 Å². The van der Waals surface area contributed by atoms with Gasteiger partial charge in [-0.15, -0.1) is 0 Å². The van der Waals surface area contributed by atoms with Gasteiger partial charge in [0.2, 0.25) is 5.91 Å². The lowest BCUT2D eigenvalue weighted by atomic mass is 9.92. The highest BCUT2D eigenvalue weighted by Crippen LogP contribution is 2.23. The Balaban J connectivity index is 1.88. The first kappa shape index (κ1) is 17.0. The zero-order valence-corrected chi connectivity index (χ0v) is 14.4. The van der Waals surface area contributed by atoms with Crippen molar-refractivity contribution < 1.29 is 4.79 Å². The van der Waals surface area contributed by atoms with Crippen LogP contribution in [0.15, 0.2) is 12.4 Å². The lowest BCUT2D eigenvalue weighted by molar-refractivity contribution is -0.123. The third-order valence-electron chi connectivity index (χ3n) is 4.75. The maximum absolute atomic E-state index is 12.4. The summed E-state index contributed by atoms with van der Waals surface area (Å²) in [7, 11) is 1.98. The third-order valence-corrected chi connectivity index (χ3v) is 4.75. The highest BCUT2D eigenvalue weighted by Gasteiger charge is 2.25. The molecule has 1 aromatic rings. The van der Waals surface area contributed by atoms with Crippen LogP contribution in [-0.2, 0) is 11.8 Å². The van der Waals surface area contributed by atoms with Crippen LogP contribution in [-0.4, -0.2) is 40.0 Å². The monoisotopic (exact) mass is 306 g/mol. The summed E-state index contributed by atoms with van der Waals surface area (Å²) in [6.07, 6.45) is 6.63. The number of hydrogen-bond acceptors (Lipinski definition) is 3. The molecular weight excluding hydrogens is 276 g/mol. The Morgan fingerprint density at radius 2 is 2.09 bits per heavy atom. The highest BCUT2D eigenvalue weighted by molar-refractivity contribution is 5.76.